The second-order valence-electron chi connectivity index (χ2n) is 5.15. The molecule has 4 heteroatoms. The van der Waals surface area contributed by atoms with Crippen molar-refractivity contribution in [2.24, 2.45) is 0 Å². The third-order valence-corrected chi connectivity index (χ3v) is 3.44. The van der Waals surface area contributed by atoms with Crippen LogP contribution in [0, 0.1) is 12.7 Å². The maximum Gasteiger partial charge on any atom is 0.279 e. The van der Waals surface area contributed by atoms with E-state index in [2.05, 4.69) is 5.32 Å². The van der Waals surface area contributed by atoms with Gasteiger partial charge in [-0.3, -0.25) is 4.79 Å². The molecule has 0 radical (unpaired) electrons. The van der Waals surface area contributed by atoms with Gasteiger partial charge in [0, 0.05) is 11.3 Å². The third-order valence-electron chi connectivity index (χ3n) is 3.44. The number of hydrogen-bond acceptors (Lipinski definition) is 1. The largest absolute Gasteiger partial charge is 0.333 e. The van der Waals surface area contributed by atoms with Crippen LogP contribution < -0.4 is 10.6 Å². The SMILES string of the molecule is Cc1ccc(NC(=O)C[NH2+][C@@H](C)c2ccccc2)cc1F. The fourth-order valence-corrected chi connectivity index (χ4v) is 2.06. The van der Waals surface area contributed by atoms with Crippen LogP contribution in [0.1, 0.15) is 24.1 Å². The molecular formula is C17H20FN2O+. The van der Waals surface area contributed by atoms with Gasteiger partial charge in [0.05, 0.1) is 0 Å². The quantitative estimate of drug-likeness (QED) is 0.871. The molecule has 0 aliphatic heterocycles. The van der Waals surface area contributed by atoms with Crippen LogP contribution in [-0.4, -0.2) is 12.5 Å². The minimum absolute atomic E-state index is 0.138. The topological polar surface area (TPSA) is 45.7 Å². The van der Waals surface area contributed by atoms with Gasteiger partial charge in [0.15, 0.2) is 6.54 Å². The number of nitrogens with two attached hydrogens (primary N) is 1. The molecule has 3 nitrogen and oxygen atoms in total. The summed E-state index contributed by atoms with van der Waals surface area (Å²) in [5.74, 6) is -0.449. The highest BCUT2D eigenvalue weighted by molar-refractivity contribution is 5.91. The molecule has 0 saturated heterocycles. The first-order valence-corrected chi connectivity index (χ1v) is 7.00. The molecule has 0 heterocycles. The lowest BCUT2D eigenvalue weighted by molar-refractivity contribution is -0.682. The monoisotopic (exact) mass is 287 g/mol. The number of carbonyl (C=O) groups is 1. The van der Waals surface area contributed by atoms with Crippen molar-refractivity contribution in [1.29, 1.82) is 0 Å². The Morgan fingerprint density at radius 3 is 2.62 bits per heavy atom. The van der Waals surface area contributed by atoms with Crippen LogP contribution >= 0.6 is 0 Å². The van der Waals surface area contributed by atoms with Crippen molar-refractivity contribution in [3.63, 3.8) is 0 Å². The maximum atomic E-state index is 13.4. The van der Waals surface area contributed by atoms with Gasteiger partial charge >= 0.3 is 0 Å². The minimum Gasteiger partial charge on any atom is -0.333 e. The molecule has 0 unspecified atom stereocenters. The van der Waals surface area contributed by atoms with E-state index in [-0.39, 0.29) is 17.8 Å². The van der Waals surface area contributed by atoms with Crippen LogP contribution in [0.2, 0.25) is 0 Å². The van der Waals surface area contributed by atoms with Crippen molar-refractivity contribution in [3.8, 4) is 0 Å². The molecule has 0 aromatic heterocycles. The summed E-state index contributed by atoms with van der Waals surface area (Å²) in [6.07, 6.45) is 0. The van der Waals surface area contributed by atoms with Crippen LogP contribution in [-0.2, 0) is 4.79 Å². The highest BCUT2D eigenvalue weighted by atomic mass is 19.1. The Morgan fingerprint density at radius 1 is 1.24 bits per heavy atom. The van der Waals surface area contributed by atoms with E-state index in [1.54, 1.807) is 19.1 Å². The average Bonchev–Trinajstić information content (AvgIpc) is 2.49. The summed E-state index contributed by atoms with van der Waals surface area (Å²) in [5, 5.41) is 4.66. The molecule has 0 bridgehead atoms. The van der Waals surface area contributed by atoms with E-state index in [0.717, 1.165) is 0 Å². The average molecular weight is 287 g/mol. The van der Waals surface area contributed by atoms with Crippen molar-refractivity contribution in [2.45, 2.75) is 19.9 Å². The fraction of sp³-hybridized carbons (Fsp3) is 0.235. The van der Waals surface area contributed by atoms with E-state index in [1.807, 2.05) is 42.6 Å². The maximum absolute atomic E-state index is 13.4. The minimum atomic E-state index is -0.311. The molecule has 0 fully saturated rings. The van der Waals surface area contributed by atoms with Gasteiger partial charge in [-0.1, -0.05) is 36.4 Å². The summed E-state index contributed by atoms with van der Waals surface area (Å²) < 4.78 is 13.4. The summed E-state index contributed by atoms with van der Waals surface area (Å²) in [4.78, 5) is 11.9. The second kappa shape index (κ2) is 6.99. The number of hydrogen-bond donors (Lipinski definition) is 2. The van der Waals surface area contributed by atoms with Gasteiger partial charge in [-0.05, 0) is 31.5 Å². The summed E-state index contributed by atoms with van der Waals surface area (Å²) in [5.41, 5.74) is 2.23. The number of benzene rings is 2. The molecule has 110 valence electrons. The van der Waals surface area contributed by atoms with E-state index in [4.69, 9.17) is 0 Å². The van der Waals surface area contributed by atoms with Crippen LogP contribution in [0.5, 0.6) is 0 Å². The number of amides is 1. The van der Waals surface area contributed by atoms with Gasteiger partial charge in [0.1, 0.15) is 11.9 Å². The molecule has 0 spiro atoms. The number of quaternary nitrogens is 1. The molecule has 2 rings (SSSR count). The Labute approximate surface area is 124 Å². The number of aryl methyl sites for hydroxylation is 1. The van der Waals surface area contributed by atoms with E-state index in [1.165, 1.54) is 11.6 Å². The van der Waals surface area contributed by atoms with E-state index in [9.17, 15) is 9.18 Å². The lowest BCUT2D eigenvalue weighted by Gasteiger charge is -2.11. The smallest absolute Gasteiger partial charge is 0.279 e. The molecule has 0 aliphatic carbocycles. The zero-order chi connectivity index (χ0) is 15.2. The first-order valence-electron chi connectivity index (χ1n) is 7.00. The number of halogens is 1. The predicted octanol–water partition coefficient (Wildman–Crippen LogP) is 2.40. The molecule has 0 saturated carbocycles. The molecule has 1 amide bonds. The summed E-state index contributed by atoms with van der Waals surface area (Å²) in [7, 11) is 0. The van der Waals surface area contributed by atoms with Gasteiger partial charge in [-0.15, -0.1) is 0 Å². The number of rotatable bonds is 5. The number of nitrogens with one attached hydrogen (secondary N) is 1. The lowest BCUT2D eigenvalue weighted by Crippen LogP contribution is -2.86. The van der Waals surface area contributed by atoms with Gasteiger partial charge in [-0.25, -0.2) is 4.39 Å². The van der Waals surface area contributed by atoms with Crippen molar-refractivity contribution in [2.75, 3.05) is 11.9 Å². The molecule has 1 atom stereocenters. The van der Waals surface area contributed by atoms with Gasteiger partial charge in [0.2, 0.25) is 0 Å². The number of anilines is 1. The van der Waals surface area contributed by atoms with Crippen molar-refractivity contribution < 1.29 is 14.5 Å². The normalized spacial score (nSPS) is 12.0. The highest BCUT2D eigenvalue weighted by Crippen LogP contribution is 2.13. The molecule has 0 aliphatic rings. The Morgan fingerprint density at radius 2 is 1.95 bits per heavy atom. The van der Waals surface area contributed by atoms with Crippen molar-refractivity contribution in [1.82, 2.24) is 0 Å². The molecule has 21 heavy (non-hydrogen) atoms. The van der Waals surface area contributed by atoms with Crippen molar-refractivity contribution in [3.05, 3.63) is 65.5 Å². The fourth-order valence-electron chi connectivity index (χ4n) is 2.06. The van der Waals surface area contributed by atoms with Crippen LogP contribution in [0.15, 0.2) is 48.5 Å². The van der Waals surface area contributed by atoms with E-state index in [0.29, 0.717) is 17.8 Å². The van der Waals surface area contributed by atoms with E-state index < -0.39 is 0 Å². The Kier molecular flexibility index (Phi) is 5.06. The Balaban J connectivity index is 1.86. The first-order chi connectivity index (χ1) is 10.1. The predicted molar refractivity (Wildman–Crippen MR) is 81.4 cm³/mol. The van der Waals surface area contributed by atoms with Crippen LogP contribution in [0.25, 0.3) is 0 Å². The van der Waals surface area contributed by atoms with Gasteiger partial charge < -0.3 is 10.6 Å². The Bertz CT molecular complexity index is 613. The summed E-state index contributed by atoms with van der Waals surface area (Å²) in [6, 6.07) is 14.9. The second-order valence-corrected chi connectivity index (χ2v) is 5.15. The Hall–Kier alpha value is -2.20. The molecule has 3 N–H and O–H groups in total. The zero-order valence-electron chi connectivity index (χ0n) is 12.3. The highest BCUT2D eigenvalue weighted by Gasteiger charge is 2.11. The lowest BCUT2D eigenvalue weighted by atomic mass is 10.1. The standard InChI is InChI=1S/C17H19FN2O/c1-12-8-9-15(10-16(12)18)20-17(21)11-19-13(2)14-6-4-3-5-7-14/h3-10,13,19H,11H2,1-2H3,(H,20,21)/p+1/t13-/m0/s1. The molecular weight excluding hydrogens is 267 g/mol. The third kappa shape index (κ3) is 4.39. The summed E-state index contributed by atoms with van der Waals surface area (Å²) in [6.45, 7) is 4.04. The van der Waals surface area contributed by atoms with Crippen LogP contribution in [0.4, 0.5) is 10.1 Å². The zero-order valence-corrected chi connectivity index (χ0v) is 12.3. The van der Waals surface area contributed by atoms with E-state index >= 15 is 0 Å². The van der Waals surface area contributed by atoms with Crippen molar-refractivity contribution >= 4 is 11.6 Å². The molecule has 2 aromatic rings. The van der Waals surface area contributed by atoms with Gasteiger partial charge in [0.25, 0.3) is 5.91 Å². The first kappa shape index (κ1) is 15.2. The summed E-state index contributed by atoms with van der Waals surface area (Å²) >= 11 is 0. The van der Waals surface area contributed by atoms with Crippen LogP contribution in [0.3, 0.4) is 0 Å². The number of carbonyl (C=O) groups excluding carboxylic acids is 1. The molecule has 2 aromatic carbocycles. The van der Waals surface area contributed by atoms with Gasteiger partial charge in [-0.2, -0.15) is 0 Å².